The molecule has 0 aliphatic carbocycles. The molecule has 0 spiro atoms. The first-order valence-electron chi connectivity index (χ1n) is 5.26. The number of rotatable bonds is 2. The minimum atomic E-state index is -1.37. The Hall–Kier alpha value is -2.34. The average Bonchev–Trinajstić information content (AvgIpc) is 2.32. The molecule has 0 unspecified atom stereocenters. The first-order valence-corrected chi connectivity index (χ1v) is 5.64. The monoisotopic (exact) mass is 280 g/mol. The molecule has 7 heteroatoms. The van der Waals surface area contributed by atoms with Gasteiger partial charge < -0.3 is 10.1 Å². The Morgan fingerprint density at radius 3 is 2.58 bits per heavy atom. The second-order valence-corrected chi connectivity index (χ2v) is 4.33. The third kappa shape index (κ3) is 2.43. The third-order valence-electron chi connectivity index (χ3n) is 2.58. The van der Waals surface area contributed by atoms with Crippen LogP contribution in [0.4, 0.5) is 0 Å². The Bertz CT molecular complexity index is 745. The van der Waals surface area contributed by atoms with Crippen LogP contribution in [0.3, 0.4) is 0 Å². The highest BCUT2D eigenvalue weighted by Gasteiger charge is 2.12. The van der Waals surface area contributed by atoms with Gasteiger partial charge >= 0.3 is 11.7 Å². The van der Waals surface area contributed by atoms with Crippen LogP contribution >= 0.6 is 11.6 Å². The number of aromatic nitrogens is 2. The zero-order valence-corrected chi connectivity index (χ0v) is 10.6. The van der Waals surface area contributed by atoms with E-state index in [1.54, 1.807) is 19.1 Å². The van der Waals surface area contributed by atoms with Gasteiger partial charge in [0.1, 0.15) is 5.69 Å². The van der Waals surface area contributed by atoms with Gasteiger partial charge in [-0.2, -0.15) is 0 Å². The molecule has 98 valence electrons. The molecule has 0 saturated carbocycles. The molecule has 19 heavy (non-hydrogen) atoms. The van der Waals surface area contributed by atoms with Crippen LogP contribution in [-0.4, -0.2) is 20.6 Å². The number of aromatic carboxylic acids is 1. The number of carboxylic acid groups (broad SMARTS) is 1. The molecule has 0 amide bonds. The van der Waals surface area contributed by atoms with E-state index >= 15 is 0 Å². The average molecular weight is 281 g/mol. The molecule has 0 bridgehead atoms. The Morgan fingerprint density at radius 1 is 1.32 bits per heavy atom. The van der Waals surface area contributed by atoms with Crippen LogP contribution in [0.15, 0.2) is 33.9 Å². The minimum Gasteiger partial charge on any atom is -0.477 e. The highest BCUT2D eigenvalue weighted by Crippen LogP contribution is 2.16. The summed E-state index contributed by atoms with van der Waals surface area (Å²) in [5, 5.41) is 9.12. The Kier molecular flexibility index (Phi) is 3.26. The fourth-order valence-electron chi connectivity index (χ4n) is 1.66. The Balaban J connectivity index is 2.77. The summed E-state index contributed by atoms with van der Waals surface area (Å²) in [6, 6.07) is 5.61. The molecule has 6 nitrogen and oxygen atoms in total. The van der Waals surface area contributed by atoms with E-state index in [9.17, 15) is 14.4 Å². The van der Waals surface area contributed by atoms with Crippen molar-refractivity contribution in [2.45, 2.75) is 6.92 Å². The van der Waals surface area contributed by atoms with Crippen molar-refractivity contribution in [3.8, 4) is 5.69 Å². The Labute approximate surface area is 111 Å². The zero-order valence-electron chi connectivity index (χ0n) is 9.81. The Morgan fingerprint density at radius 2 is 2.00 bits per heavy atom. The van der Waals surface area contributed by atoms with E-state index in [2.05, 4.69) is 4.98 Å². The van der Waals surface area contributed by atoms with E-state index in [-0.39, 0.29) is 0 Å². The summed E-state index contributed by atoms with van der Waals surface area (Å²) in [7, 11) is 0. The van der Waals surface area contributed by atoms with E-state index < -0.39 is 22.9 Å². The number of H-pyrrole nitrogens is 1. The molecule has 2 aromatic rings. The smallest absolute Gasteiger partial charge is 0.352 e. The summed E-state index contributed by atoms with van der Waals surface area (Å²) in [5.74, 6) is -1.37. The summed E-state index contributed by atoms with van der Waals surface area (Å²) in [5.41, 5.74) is -1.02. The summed E-state index contributed by atoms with van der Waals surface area (Å²) in [4.78, 5) is 36.6. The molecule has 0 aliphatic rings. The van der Waals surface area contributed by atoms with Gasteiger partial charge in [-0.1, -0.05) is 17.7 Å². The first-order chi connectivity index (χ1) is 8.90. The van der Waals surface area contributed by atoms with Gasteiger partial charge in [-0.3, -0.25) is 4.79 Å². The molecule has 0 atom stereocenters. The van der Waals surface area contributed by atoms with Crippen molar-refractivity contribution >= 4 is 17.6 Å². The maximum Gasteiger partial charge on any atom is 0.352 e. The van der Waals surface area contributed by atoms with Crippen molar-refractivity contribution in [2.24, 2.45) is 0 Å². The van der Waals surface area contributed by atoms with E-state index in [1.165, 1.54) is 6.07 Å². The van der Waals surface area contributed by atoms with Gasteiger partial charge in [-0.25, -0.2) is 14.2 Å². The third-order valence-corrected chi connectivity index (χ3v) is 2.81. The normalized spacial score (nSPS) is 10.4. The van der Waals surface area contributed by atoms with E-state index in [1.807, 2.05) is 0 Å². The number of halogens is 1. The fourth-order valence-corrected chi connectivity index (χ4v) is 1.83. The van der Waals surface area contributed by atoms with Gasteiger partial charge in [0.05, 0.1) is 5.69 Å². The lowest BCUT2D eigenvalue weighted by molar-refractivity contribution is 0.0689. The van der Waals surface area contributed by atoms with Gasteiger partial charge in [0.25, 0.3) is 5.56 Å². The van der Waals surface area contributed by atoms with Crippen molar-refractivity contribution in [1.29, 1.82) is 0 Å². The number of hydrogen-bond acceptors (Lipinski definition) is 3. The summed E-state index contributed by atoms with van der Waals surface area (Å²) >= 11 is 5.83. The standard InChI is InChI=1S/C12H9ClN2O4/c1-6-2-3-7(13)4-9(6)15-10(16)5-8(11(17)18)14-12(15)19/h2-5H,1H3,(H,14,19)(H,17,18). The van der Waals surface area contributed by atoms with Crippen molar-refractivity contribution < 1.29 is 9.90 Å². The number of hydrogen-bond donors (Lipinski definition) is 2. The molecule has 1 heterocycles. The van der Waals surface area contributed by atoms with Crippen molar-refractivity contribution in [3.05, 3.63) is 61.4 Å². The molecule has 2 rings (SSSR count). The lowest BCUT2D eigenvalue weighted by atomic mass is 10.2. The predicted molar refractivity (Wildman–Crippen MR) is 69.4 cm³/mol. The maximum absolute atomic E-state index is 11.9. The van der Waals surface area contributed by atoms with Crippen LogP contribution < -0.4 is 11.2 Å². The second-order valence-electron chi connectivity index (χ2n) is 3.90. The molecule has 2 N–H and O–H groups in total. The van der Waals surface area contributed by atoms with Crippen LogP contribution in [0.1, 0.15) is 16.1 Å². The van der Waals surface area contributed by atoms with Crippen molar-refractivity contribution in [1.82, 2.24) is 9.55 Å². The van der Waals surface area contributed by atoms with Crippen LogP contribution in [-0.2, 0) is 0 Å². The van der Waals surface area contributed by atoms with Gasteiger partial charge in [-0.05, 0) is 24.6 Å². The quantitative estimate of drug-likeness (QED) is 0.864. The summed E-state index contributed by atoms with van der Waals surface area (Å²) in [6.07, 6.45) is 0. The van der Waals surface area contributed by atoms with Crippen LogP contribution in [0.5, 0.6) is 0 Å². The number of aromatic amines is 1. The largest absolute Gasteiger partial charge is 0.477 e. The van der Waals surface area contributed by atoms with Crippen LogP contribution in [0, 0.1) is 6.92 Å². The second kappa shape index (κ2) is 4.74. The highest BCUT2D eigenvalue weighted by molar-refractivity contribution is 6.30. The fraction of sp³-hybridized carbons (Fsp3) is 0.0833. The predicted octanol–water partition coefficient (Wildman–Crippen LogP) is 1.19. The van der Waals surface area contributed by atoms with Gasteiger partial charge in [0.2, 0.25) is 0 Å². The van der Waals surface area contributed by atoms with Crippen LogP contribution in [0.25, 0.3) is 5.69 Å². The number of aryl methyl sites for hydroxylation is 1. The SMILES string of the molecule is Cc1ccc(Cl)cc1-n1c(=O)cc(C(=O)O)[nH]c1=O. The molecule has 1 aromatic carbocycles. The van der Waals surface area contributed by atoms with Gasteiger partial charge in [0.15, 0.2) is 0 Å². The number of nitrogens with zero attached hydrogens (tertiary/aromatic N) is 1. The molecular formula is C12H9ClN2O4. The van der Waals surface area contributed by atoms with E-state index in [4.69, 9.17) is 16.7 Å². The molecule has 0 saturated heterocycles. The zero-order chi connectivity index (χ0) is 14.2. The van der Waals surface area contributed by atoms with Crippen molar-refractivity contribution in [3.63, 3.8) is 0 Å². The molecule has 0 radical (unpaired) electrons. The van der Waals surface area contributed by atoms with E-state index in [0.717, 1.165) is 10.6 Å². The molecule has 0 fully saturated rings. The first kappa shape index (κ1) is 13.1. The number of carbonyl (C=O) groups is 1. The summed E-state index contributed by atoms with van der Waals surface area (Å²) < 4.78 is 0.841. The molecule has 0 aliphatic heterocycles. The highest BCUT2D eigenvalue weighted by atomic mass is 35.5. The topological polar surface area (TPSA) is 92.2 Å². The summed E-state index contributed by atoms with van der Waals surface area (Å²) in [6.45, 7) is 1.71. The van der Waals surface area contributed by atoms with Crippen LogP contribution in [0.2, 0.25) is 5.02 Å². The lowest BCUT2D eigenvalue weighted by Gasteiger charge is -2.08. The van der Waals surface area contributed by atoms with E-state index in [0.29, 0.717) is 16.3 Å². The lowest BCUT2D eigenvalue weighted by Crippen LogP contribution is -2.35. The number of benzene rings is 1. The molecule has 1 aromatic heterocycles. The minimum absolute atomic E-state index is 0.315. The van der Waals surface area contributed by atoms with Gasteiger partial charge in [0, 0.05) is 11.1 Å². The number of nitrogens with one attached hydrogen (secondary N) is 1. The number of carboxylic acids is 1. The molecular weight excluding hydrogens is 272 g/mol. The van der Waals surface area contributed by atoms with Crippen molar-refractivity contribution in [2.75, 3.05) is 0 Å². The van der Waals surface area contributed by atoms with Gasteiger partial charge in [-0.15, -0.1) is 0 Å². The maximum atomic E-state index is 11.9.